The highest BCUT2D eigenvalue weighted by Crippen LogP contribution is 1.83. The van der Waals surface area contributed by atoms with E-state index in [0.29, 0.717) is 5.90 Å². The highest BCUT2D eigenvalue weighted by molar-refractivity contribution is 7.15. The standard InChI is InChI=1S/C3H8NOP.C3H7NO.C2H6/c1-3(4-6)5-2;1-3(4)5-2;1-2/h6H2,1-2H3;4H,1-2H3;1-2H3. The Bertz CT molecular complexity index is 138. The number of methoxy groups -OCH3 is 2. The molecule has 0 amide bonds. The maximum absolute atomic E-state index is 6.52. The van der Waals surface area contributed by atoms with Crippen molar-refractivity contribution in [2.45, 2.75) is 27.7 Å². The van der Waals surface area contributed by atoms with Gasteiger partial charge in [0.2, 0.25) is 0 Å². The van der Waals surface area contributed by atoms with Crippen LogP contribution in [0.3, 0.4) is 0 Å². The molecule has 13 heavy (non-hydrogen) atoms. The van der Waals surface area contributed by atoms with Crippen molar-refractivity contribution >= 4 is 21.2 Å². The molecule has 0 rings (SSSR count). The molecule has 0 aromatic carbocycles. The lowest BCUT2D eigenvalue weighted by molar-refractivity contribution is 0.396. The molecule has 4 nitrogen and oxygen atoms in total. The van der Waals surface area contributed by atoms with E-state index in [1.54, 1.807) is 21.0 Å². The monoisotopic (exact) mass is 208 g/mol. The van der Waals surface area contributed by atoms with Gasteiger partial charge >= 0.3 is 0 Å². The van der Waals surface area contributed by atoms with Crippen molar-refractivity contribution in [3.63, 3.8) is 0 Å². The molecule has 0 bridgehead atoms. The van der Waals surface area contributed by atoms with Crippen molar-refractivity contribution in [1.82, 2.24) is 0 Å². The van der Waals surface area contributed by atoms with Gasteiger partial charge in [0, 0.05) is 13.8 Å². The summed E-state index contributed by atoms with van der Waals surface area (Å²) in [5.41, 5.74) is 0. The molecular formula is C8H21N2O2P. The van der Waals surface area contributed by atoms with E-state index in [0.717, 1.165) is 0 Å². The lowest BCUT2D eigenvalue weighted by Gasteiger charge is -1.89. The molecule has 80 valence electrons. The third-order valence-corrected chi connectivity index (χ3v) is 1.15. The fraction of sp³-hybridized carbons (Fsp3) is 0.750. The van der Waals surface area contributed by atoms with Crippen molar-refractivity contribution in [2.75, 3.05) is 14.2 Å². The van der Waals surface area contributed by atoms with Gasteiger partial charge in [-0.15, -0.1) is 0 Å². The summed E-state index contributed by atoms with van der Waals surface area (Å²) >= 11 is 0. The first-order valence-corrected chi connectivity index (χ1v) is 4.47. The normalized spacial score (nSPS) is 8.38. The van der Waals surface area contributed by atoms with Crippen LogP contribution in [0.1, 0.15) is 27.7 Å². The number of hydrogen-bond donors (Lipinski definition) is 1. The van der Waals surface area contributed by atoms with Crippen LogP contribution in [0.25, 0.3) is 0 Å². The minimum Gasteiger partial charge on any atom is -0.485 e. The zero-order chi connectivity index (χ0) is 11.3. The highest BCUT2D eigenvalue weighted by atomic mass is 31.0. The molecule has 0 saturated carbocycles. The lowest BCUT2D eigenvalue weighted by atomic mass is 10.8. The van der Waals surface area contributed by atoms with E-state index in [-0.39, 0.29) is 5.90 Å². The summed E-state index contributed by atoms with van der Waals surface area (Å²) in [7, 11) is 5.26. The van der Waals surface area contributed by atoms with Crippen LogP contribution in [0.2, 0.25) is 0 Å². The lowest BCUT2D eigenvalue weighted by Crippen LogP contribution is -1.88. The third kappa shape index (κ3) is 34.6. The molecule has 1 N–H and O–H groups in total. The topological polar surface area (TPSA) is 54.7 Å². The van der Waals surface area contributed by atoms with E-state index in [9.17, 15) is 0 Å². The molecule has 0 aliphatic rings. The molecule has 0 saturated heterocycles. The van der Waals surface area contributed by atoms with Crippen LogP contribution in [0.5, 0.6) is 0 Å². The molecule has 0 aliphatic carbocycles. The Morgan fingerprint density at radius 1 is 1.15 bits per heavy atom. The van der Waals surface area contributed by atoms with E-state index in [2.05, 4.69) is 23.6 Å². The Hall–Kier alpha value is -0.630. The van der Waals surface area contributed by atoms with E-state index >= 15 is 0 Å². The van der Waals surface area contributed by atoms with Gasteiger partial charge in [-0.1, -0.05) is 13.8 Å². The van der Waals surface area contributed by atoms with Gasteiger partial charge in [0.25, 0.3) is 0 Å². The summed E-state index contributed by atoms with van der Waals surface area (Å²) in [5.74, 6) is 0.935. The van der Waals surface area contributed by atoms with Gasteiger partial charge in [-0.2, -0.15) is 0 Å². The van der Waals surface area contributed by atoms with E-state index in [4.69, 9.17) is 5.41 Å². The first-order valence-electron chi connectivity index (χ1n) is 3.96. The Morgan fingerprint density at radius 3 is 1.46 bits per heavy atom. The third-order valence-electron chi connectivity index (χ3n) is 0.783. The van der Waals surface area contributed by atoms with Gasteiger partial charge in [-0.3, -0.25) is 5.41 Å². The Labute approximate surface area is 83.5 Å². The Balaban J connectivity index is -0.000000131. The average molecular weight is 208 g/mol. The van der Waals surface area contributed by atoms with Crippen molar-refractivity contribution in [1.29, 1.82) is 5.41 Å². The maximum atomic E-state index is 6.52. The Kier molecular flexibility index (Phi) is 24.5. The van der Waals surface area contributed by atoms with Crippen molar-refractivity contribution < 1.29 is 9.47 Å². The second-order valence-corrected chi connectivity index (χ2v) is 1.87. The zero-order valence-electron chi connectivity index (χ0n) is 9.34. The second kappa shape index (κ2) is 17.5. The van der Waals surface area contributed by atoms with Crippen molar-refractivity contribution in [3.05, 3.63) is 0 Å². The largest absolute Gasteiger partial charge is 0.485 e. The molecular weight excluding hydrogens is 187 g/mol. The molecule has 0 fully saturated rings. The number of hydrogen-bond acceptors (Lipinski definition) is 4. The zero-order valence-corrected chi connectivity index (χ0v) is 10.5. The first-order chi connectivity index (χ1) is 6.08. The van der Waals surface area contributed by atoms with E-state index in [1.807, 2.05) is 13.8 Å². The summed E-state index contributed by atoms with van der Waals surface area (Å²) < 4.78 is 12.6. The molecule has 0 spiro atoms. The molecule has 0 radical (unpaired) electrons. The highest BCUT2D eigenvalue weighted by Gasteiger charge is 1.74. The van der Waals surface area contributed by atoms with Crippen LogP contribution in [-0.4, -0.2) is 26.0 Å². The molecule has 0 aliphatic heterocycles. The molecule has 5 heteroatoms. The number of nitrogens with zero attached hydrogens (tertiary/aromatic N) is 1. The predicted octanol–water partition coefficient (Wildman–Crippen LogP) is 2.50. The van der Waals surface area contributed by atoms with Crippen LogP contribution >= 0.6 is 9.39 Å². The second-order valence-electron chi connectivity index (χ2n) is 1.61. The minimum absolute atomic E-state index is 0.255. The van der Waals surface area contributed by atoms with Gasteiger partial charge in [0.1, 0.15) is 0 Å². The minimum atomic E-state index is 0.255. The van der Waals surface area contributed by atoms with Crippen LogP contribution in [0.15, 0.2) is 4.76 Å². The molecule has 0 aromatic heterocycles. The molecule has 1 atom stereocenters. The van der Waals surface area contributed by atoms with Crippen molar-refractivity contribution in [3.8, 4) is 0 Å². The smallest absolute Gasteiger partial charge is 0.182 e. The van der Waals surface area contributed by atoms with E-state index < -0.39 is 0 Å². The molecule has 0 heterocycles. The van der Waals surface area contributed by atoms with Crippen LogP contribution in [-0.2, 0) is 9.47 Å². The van der Waals surface area contributed by atoms with Crippen LogP contribution in [0, 0.1) is 5.41 Å². The predicted molar refractivity (Wildman–Crippen MR) is 61.6 cm³/mol. The molecule has 0 aromatic rings. The number of ether oxygens (including phenoxy) is 2. The van der Waals surface area contributed by atoms with Gasteiger partial charge in [-0.05, 0) is 9.39 Å². The van der Waals surface area contributed by atoms with E-state index in [1.165, 1.54) is 7.11 Å². The Morgan fingerprint density at radius 2 is 1.46 bits per heavy atom. The summed E-state index contributed by atoms with van der Waals surface area (Å²) in [4.78, 5) is 0. The van der Waals surface area contributed by atoms with Gasteiger partial charge < -0.3 is 9.47 Å². The summed E-state index contributed by atoms with van der Waals surface area (Å²) in [6.45, 7) is 7.37. The number of nitrogens with one attached hydrogen (secondary N) is 1. The fourth-order valence-corrected chi connectivity index (χ4v) is 0.158. The summed E-state index contributed by atoms with van der Waals surface area (Å²) in [6.07, 6.45) is 0. The SMILES string of the molecule is CC.COC(C)=N.COC(C)=NP. The fourth-order valence-electron chi connectivity index (χ4n) is 0.0527. The molecule has 1 unspecified atom stereocenters. The van der Waals surface area contributed by atoms with Gasteiger partial charge in [-0.25, -0.2) is 4.76 Å². The number of rotatable bonds is 0. The summed E-state index contributed by atoms with van der Waals surface area (Å²) in [6, 6.07) is 0. The first kappa shape index (κ1) is 18.2. The van der Waals surface area contributed by atoms with Crippen LogP contribution in [0.4, 0.5) is 0 Å². The summed E-state index contributed by atoms with van der Waals surface area (Å²) in [5, 5.41) is 6.52. The van der Waals surface area contributed by atoms with Crippen molar-refractivity contribution in [2.24, 2.45) is 4.76 Å². The van der Waals surface area contributed by atoms with Gasteiger partial charge in [0.05, 0.1) is 14.2 Å². The average Bonchev–Trinajstić information content (AvgIpc) is 2.20. The van der Waals surface area contributed by atoms with Gasteiger partial charge in [0.15, 0.2) is 11.8 Å². The van der Waals surface area contributed by atoms with Crippen LogP contribution < -0.4 is 0 Å². The quantitative estimate of drug-likeness (QED) is 0.378. The maximum Gasteiger partial charge on any atom is 0.182 e.